The molecule has 1 aliphatic rings. The van der Waals surface area contributed by atoms with Crippen LogP contribution in [0.25, 0.3) is 0 Å². The van der Waals surface area contributed by atoms with Crippen LogP contribution in [0, 0.1) is 0 Å². The van der Waals surface area contributed by atoms with Crippen molar-refractivity contribution in [3.8, 4) is 0 Å². The number of anilines is 1. The Hall–Kier alpha value is -2.47. The van der Waals surface area contributed by atoms with Crippen molar-refractivity contribution in [1.82, 2.24) is 0 Å². The fourth-order valence-electron chi connectivity index (χ4n) is 2.76. The second kappa shape index (κ2) is 10.6. The first kappa shape index (κ1) is 25.2. The first-order valence-electron chi connectivity index (χ1n) is 9.23. The zero-order valence-electron chi connectivity index (χ0n) is 17.0. The SMILES string of the molecule is COC(=O)c1ccc(Cl)cc1NC(=O)CSC1=NC=C(S(=O)(=O)c2ccc(Br)cc2)C(=O)C1. The predicted octanol–water partition coefficient (Wildman–Crippen LogP) is 4.25. The Morgan fingerprint density at radius 2 is 1.91 bits per heavy atom. The molecule has 0 fully saturated rings. The van der Waals surface area contributed by atoms with E-state index in [2.05, 4.69) is 31.0 Å². The lowest BCUT2D eigenvalue weighted by atomic mass is 10.2. The molecule has 33 heavy (non-hydrogen) atoms. The lowest BCUT2D eigenvalue weighted by Crippen LogP contribution is -2.21. The molecule has 0 bridgehead atoms. The summed E-state index contributed by atoms with van der Waals surface area (Å²) in [6.07, 6.45) is 0.764. The van der Waals surface area contributed by atoms with Crippen LogP contribution in [0.3, 0.4) is 0 Å². The largest absolute Gasteiger partial charge is 0.465 e. The molecule has 8 nitrogen and oxygen atoms in total. The zero-order valence-corrected chi connectivity index (χ0v) is 21.0. The van der Waals surface area contributed by atoms with E-state index in [-0.39, 0.29) is 28.3 Å². The average Bonchev–Trinajstić information content (AvgIpc) is 2.77. The van der Waals surface area contributed by atoms with Gasteiger partial charge in [0.15, 0.2) is 5.78 Å². The number of hydrogen-bond donors (Lipinski definition) is 1. The van der Waals surface area contributed by atoms with Crippen LogP contribution < -0.4 is 5.32 Å². The van der Waals surface area contributed by atoms with E-state index in [9.17, 15) is 22.8 Å². The summed E-state index contributed by atoms with van der Waals surface area (Å²) in [7, 11) is -2.79. The van der Waals surface area contributed by atoms with E-state index < -0.39 is 32.4 Å². The van der Waals surface area contributed by atoms with E-state index >= 15 is 0 Å². The molecule has 1 N–H and O–H groups in total. The van der Waals surface area contributed by atoms with Crippen molar-refractivity contribution in [1.29, 1.82) is 0 Å². The normalized spacial score (nSPS) is 13.7. The fourth-order valence-corrected chi connectivity index (χ4v) is 5.24. The highest BCUT2D eigenvalue weighted by Gasteiger charge is 2.30. The molecule has 172 valence electrons. The smallest absolute Gasteiger partial charge is 0.339 e. The second-order valence-corrected chi connectivity index (χ2v) is 10.9. The van der Waals surface area contributed by atoms with E-state index in [0.717, 1.165) is 18.0 Å². The minimum atomic E-state index is -4.00. The highest BCUT2D eigenvalue weighted by Crippen LogP contribution is 2.27. The molecule has 1 heterocycles. The Bertz CT molecular complexity index is 1290. The van der Waals surface area contributed by atoms with Crippen molar-refractivity contribution in [2.24, 2.45) is 4.99 Å². The number of sulfone groups is 1. The Kier molecular flexibility index (Phi) is 8.11. The molecule has 0 spiro atoms. The van der Waals surface area contributed by atoms with Gasteiger partial charge in [0.1, 0.15) is 4.91 Å². The molecule has 0 saturated heterocycles. The van der Waals surface area contributed by atoms with Crippen molar-refractivity contribution in [3.63, 3.8) is 0 Å². The van der Waals surface area contributed by atoms with Gasteiger partial charge in [-0.25, -0.2) is 13.2 Å². The van der Waals surface area contributed by atoms with Gasteiger partial charge in [-0.1, -0.05) is 27.5 Å². The van der Waals surface area contributed by atoms with E-state index in [1.54, 1.807) is 12.1 Å². The van der Waals surface area contributed by atoms with Crippen LogP contribution >= 0.6 is 39.3 Å². The van der Waals surface area contributed by atoms with Gasteiger partial charge in [-0.15, -0.1) is 11.8 Å². The Morgan fingerprint density at radius 1 is 1.21 bits per heavy atom. The highest BCUT2D eigenvalue weighted by atomic mass is 79.9. The number of esters is 1. The van der Waals surface area contributed by atoms with Crippen LogP contribution in [0.5, 0.6) is 0 Å². The Labute approximate surface area is 207 Å². The van der Waals surface area contributed by atoms with E-state index in [1.165, 1.54) is 37.4 Å². The zero-order chi connectivity index (χ0) is 24.2. The van der Waals surface area contributed by atoms with Crippen molar-refractivity contribution in [2.45, 2.75) is 11.3 Å². The number of rotatable bonds is 6. The number of halogens is 2. The standard InChI is InChI=1S/C21H16BrClN2O6S2/c1-31-21(28)15-7-4-13(23)8-16(15)25-19(27)11-32-20-9-17(26)18(10-24-20)33(29,30)14-5-2-12(22)3-6-14/h2-8,10H,9,11H2,1H3,(H,25,27). The van der Waals surface area contributed by atoms with Gasteiger partial charge in [-0.05, 0) is 42.5 Å². The number of amides is 1. The summed E-state index contributed by atoms with van der Waals surface area (Å²) >= 11 is 10.2. The maximum Gasteiger partial charge on any atom is 0.339 e. The number of ketones is 1. The lowest BCUT2D eigenvalue weighted by Gasteiger charge is -2.14. The second-order valence-electron chi connectivity index (χ2n) is 6.59. The van der Waals surface area contributed by atoms with Crippen molar-refractivity contribution in [3.05, 3.63) is 68.6 Å². The first-order chi connectivity index (χ1) is 15.6. The molecule has 0 unspecified atom stereocenters. The molecule has 2 aromatic carbocycles. The van der Waals surface area contributed by atoms with Gasteiger partial charge in [-0.2, -0.15) is 0 Å². The number of aliphatic imine (C=N–C) groups is 1. The van der Waals surface area contributed by atoms with Gasteiger partial charge < -0.3 is 10.1 Å². The summed E-state index contributed by atoms with van der Waals surface area (Å²) in [5.41, 5.74) is 0.320. The van der Waals surface area contributed by atoms with Gasteiger partial charge in [-0.3, -0.25) is 14.6 Å². The van der Waals surface area contributed by atoms with Gasteiger partial charge in [0.25, 0.3) is 0 Å². The Balaban J connectivity index is 1.69. The molecule has 12 heteroatoms. The number of nitrogens with one attached hydrogen (secondary N) is 1. The molecule has 0 aromatic heterocycles. The third-order valence-corrected chi connectivity index (χ3v) is 7.91. The molecule has 3 rings (SSSR count). The first-order valence-corrected chi connectivity index (χ1v) is 12.9. The number of Topliss-reactive ketones (excluding diaryl/α,β-unsaturated/α-hetero) is 1. The maximum absolute atomic E-state index is 12.7. The van der Waals surface area contributed by atoms with Crippen LogP contribution in [-0.4, -0.2) is 44.0 Å². The number of benzene rings is 2. The van der Waals surface area contributed by atoms with Crippen molar-refractivity contribution >= 4 is 77.5 Å². The summed E-state index contributed by atoms with van der Waals surface area (Å²) in [5, 5.41) is 3.19. The van der Waals surface area contributed by atoms with Crippen LogP contribution in [-0.2, 0) is 24.2 Å². The number of nitrogens with zero attached hydrogens (tertiary/aromatic N) is 1. The molecule has 0 radical (unpaired) electrons. The maximum atomic E-state index is 12.7. The molecule has 1 aliphatic heterocycles. The number of carbonyl (C=O) groups is 3. The fraction of sp³-hybridized carbons (Fsp3) is 0.143. The van der Waals surface area contributed by atoms with Gasteiger partial charge in [0.05, 0.1) is 46.7 Å². The van der Waals surface area contributed by atoms with Crippen molar-refractivity contribution < 1.29 is 27.5 Å². The molecule has 2 aromatic rings. The minimum absolute atomic E-state index is 0.0149. The van der Waals surface area contributed by atoms with Gasteiger partial charge >= 0.3 is 5.97 Å². The number of carbonyl (C=O) groups excluding carboxylic acids is 3. The highest BCUT2D eigenvalue weighted by molar-refractivity contribution is 9.10. The molecular weight excluding hydrogens is 556 g/mol. The molecule has 0 atom stereocenters. The topological polar surface area (TPSA) is 119 Å². The average molecular weight is 572 g/mol. The molecule has 0 aliphatic carbocycles. The molecular formula is C21H16BrClN2O6S2. The van der Waals surface area contributed by atoms with Gasteiger partial charge in [0, 0.05) is 9.50 Å². The predicted molar refractivity (Wildman–Crippen MR) is 130 cm³/mol. The molecule has 0 saturated carbocycles. The van der Waals surface area contributed by atoms with Gasteiger partial charge in [0.2, 0.25) is 15.7 Å². The number of allylic oxidation sites excluding steroid dienone is 1. The number of methoxy groups -OCH3 is 1. The monoisotopic (exact) mass is 570 g/mol. The minimum Gasteiger partial charge on any atom is -0.465 e. The third kappa shape index (κ3) is 6.11. The number of thioether (sulfide) groups is 1. The van der Waals surface area contributed by atoms with Crippen LogP contribution in [0.15, 0.2) is 67.9 Å². The number of hydrogen-bond acceptors (Lipinski definition) is 8. The number of ether oxygens (including phenoxy) is 1. The van der Waals surface area contributed by atoms with Crippen LogP contribution in [0.4, 0.5) is 5.69 Å². The summed E-state index contributed by atoms with van der Waals surface area (Å²) in [6.45, 7) is 0. The summed E-state index contributed by atoms with van der Waals surface area (Å²) in [4.78, 5) is 40.4. The van der Waals surface area contributed by atoms with E-state index in [4.69, 9.17) is 11.6 Å². The van der Waals surface area contributed by atoms with Crippen molar-refractivity contribution in [2.75, 3.05) is 18.2 Å². The molecule has 1 amide bonds. The third-order valence-electron chi connectivity index (χ3n) is 4.36. The summed E-state index contributed by atoms with van der Waals surface area (Å²) in [5.74, 6) is -1.85. The van der Waals surface area contributed by atoms with Crippen LogP contribution in [0.1, 0.15) is 16.8 Å². The lowest BCUT2D eigenvalue weighted by molar-refractivity contribution is -0.114. The van der Waals surface area contributed by atoms with E-state index in [0.29, 0.717) is 14.5 Å². The Morgan fingerprint density at radius 3 is 2.55 bits per heavy atom. The quantitative estimate of drug-likeness (QED) is 0.515. The summed E-state index contributed by atoms with van der Waals surface area (Å²) in [6, 6.07) is 10.3. The van der Waals surface area contributed by atoms with Crippen LogP contribution in [0.2, 0.25) is 5.02 Å². The van der Waals surface area contributed by atoms with E-state index in [1.807, 2.05) is 0 Å². The summed E-state index contributed by atoms with van der Waals surface area (Å²) < 4.78 is 30.9.